The minimum Gasteiger partial charge on any atom is -0.393 e. The highest BCUT2D eigenvalue weighted by molar-refractivity contribution is 9.10. The number of rotatable bonds is 4. The van der Waals surface area contributed by atoms with Crippen molar-refractivity contribution in [1.29, 1.82) is 0 Å². The lowest BCUT2D eigenvalue weighted by Crippen LogP contribution is -2.17. The molecule has 0 saturated carbocycles. The zero-order valence-corrected chi connectivity index (χ0v) is 13.0. The number of aliphatic hydroxyl groups is 1. The van der Waals surface area contributed by atoms with Crippen molar-refractivity contribution >= 4 is 27.5 Å². The molecule has 3 heteroatoms. The maximum atomic E-state index is 10.0. The van der Waals surface area contributed by atoms with Gasteiger partial charge in [-0.05, 0) is 48.7 Å². The highest BCUT2D eigenvalue weighted by atomic mass is 79.9. The SMILES string of the molecule is C[C@H](O)[C@@H](Cc1ccc(Cl)cc1)c1cccc(Br)c1. The van der Waals surface area contributed by atoms with E-state index in [-0.39, 0.29) is 5.92 Å². The topological polar surface area (TPSA) is 20.2 Å². The van der Waals surface area contributed by atoms with E-state index < -0.39 is 6.10 Å². The van der Waals surface area contributed by atoms with Crippen molar-refractivity contribution in [2.45, 2.75) is 25.4 Å². The summed E-state index contributed by atoms with van der Waals surface area (Å²) in [5.74, 6) is 0.0821. The van der Waals surface area contributed by atoms with E-state index in [9.17, 15) is 5.11 Å². The van der Waals surface area contributed by atoms with Crippen LogP contribution in [0.5, 0.6) is 0 Å². The summed E-state index contributed by atoms with van der Waals surface area (Å²) < 4.78 is 1.03. The number of aliphatic hydroxyl groups excluding tert-OH is 1. The minimum absolute atomic E-state index is 0.0821. The van der Waals surface area contributed by atoms with Gasteiger partial charge >= 0.3 is 0 Å². The largest absolute Gasteiger partial charge is 0.393 e. The van der Waals surface area contributed by atoms with Crippen LogP contribution in [0.25, 0.3) is 0 Å². The lowest BCUT2D eigenvalue weighted by Gasteiger charge is -2.21. The van der Waals surface area contributed by atoms with Crippen LogP contribution < -0.4 is 0 Å². The molecule has 0 unspecified atom stereocenters. The van der Waals surface area contributed by atoms with Crippen LogP contribution in [-0.2, 0) is 6.42 Å². The average molecular weight is 340 g/mol. The molecule has 1 N–H and O–H groups in total. The maximum Gasteiger partial charge on any atom is 0.0583 e. The number of hydrogen-bond donors (Lipinski definition) is 1. The zero-order chi connectivity index (χ0) is 13.8. The van der Waals surface area contributed by atoms with Gasteiger partial charge in [0.2, 0.25) is 0 Å². The minimum atomic E-state index is -0.398. The van der Waals surface area contributed by atoms with Gasteiger partial charge in [-0.3, -0.25) is 0 Å². The first-order chi connectivity index (χ1) is 9.06. The zero-order valence-electron chi connectivity index (χ0n) is 10.7. The van der Waals surface area contributed by atoms with Crippen LogP contribution in [0.3, 0.4) is 0 Å². The van der Waals surface area contributed by atoms with Crippen LogP contribution in [0.4, 0.5) is 0 Å². The molecular weight excluding hydrogens is 324 g/mol. The number of hydrogen-bond acceptors (Lipinski definition) is 1. The third-order valence-electron chi connectivity index (χ3n) is 3.23. The summed E-state index contributed by atoms with van der Waals surface area (Å²) in [4.78, 5) is 0. The van der Waals surface area contributed by atoms with Crippen LogP contribution in [0.1, 0.15) is 24.0 Å². The Morgan fingerprint density at radius 1 is 1.16 bits per heavy atom. The van der Waals surface area contributed by atoms with E-state index in [0.29, 0.717) is 0 Å². The molecule has 2 aromatic rings. The monoisotopic (exact) mass is 338 g/mol. The fraction of sp³-hybridized carbons (Fsp3) is 0.250. The molecule has 2 atom stereocenters. The van der Waals surface area contributed by atoms with Gasteiger partial charge in [-0.1, -0.05) is 51.8 Å². The molecule has 0 fully saturated rings. The maximum absolute atomic E-state index is 10.0. The second-order valence-corrected chi connectivity index (χ2v) is 6.08. The Morgan fingerprint density at radius 2 is 1.84 bits per heavy atom. The predicted octanol–water partition coefficient (Wildman–Crippen LogP) is 4.81. The van der Waals surface area contributed by atoms with Gasteiger partial charge in [0.15, 0.2) is 0 Å². The Labute approximate surface area is 127 Å². The molecule has 0 bridgehead atoms. The Hall–Kier alpha value is -0.830. The smallest absolute Gasteiger partial charge is 0.0583 e. The van der Waals surface area contributed by atoms with E-state index in [2.05, 4.69) is 28.1 Å². The quantitative estimate of drug-likeness (QED) is 0.847. The first-order valence-corrected chi connectivity index (χ1v) is 7.41. The van der Waals surface area contributed by atoms with Gasteiger partial charge in [-0.15, -0.1) is 0 Å². The second kappa shape index (κ2) is 6.56. The van der Waals surface area contributed by atoms with Gasteiger partial charge < -0.3 is 5.11 Å². The third-order valence-corrected chi connectivity index (χ3v) is 3.97. The van der Waals surface area contributed by atoms with Gasteiger partial charge in [0, 0.05) is 15.4 Å². The third kappa shape index (κ3) is 4.07. The summed E-state index contributed by atoms with van der Waals surface area (Å²) in [5, 5.41) is 10.8. The highest BCUT2D eigenvalue weighted by Crippen LogP contribution is 2.27. The van der Waals surface area contributed by atoms with Gasteiger partial charge in [0.25, 0.3) is 0 Å². The fourth-order valence-corrected chi connectivity index (χ4v) is 2.72. The average Bonchev–Trinajstić information content (AvgIpc) is 2.37. The molecule has 0 radical (unpaired) electrons. The first kappa shape index (κ1) is 14.6. The lowest BCUT2D eigenvalue weighted by atomic mass is 9.88. The van der Waals surface area contributed by atoms with Crippen LogP contribution in [0, 0.1) is 0 Å². The molecule has 0 aliphatic rings. The summed E-state index contributed by atoms with van der Waals surface area (Å²) in [6.45, 7) is 1.83. The van der Waals surface area contributed by atoms with Crippen molar-refractivity contribution in [2.75, 3.05) is 0 Å². The molecule has 0 saturated heterocycles. The van der Waals surface area contributed by atoms with Crippen LogP contribution in [-0.4, -0.2) is 11.2 Å². The fourth-order valence-electron chi connectivity index (χ4n) is 2.18. The summed E-state index contributed by atoms with van der Waals surface area (Å²) in [5.41, 5.74) is 2.31. The number of benzene rings is 2. The summed E-state index contributed by atoms with van der Waals surface area (Å²) >= 11 is 9.37. The molecular formula is C16H16BrClO. The van der Waals surface area contributed by atoms with Crippen molar-refractivity contribution in [1.82, 2.24) is 0 Å². The van der Waals surface area contributed by atoms with Crippen molar-refractivity contribution < 1.29 is 5.11 Å². The van der Waals surface area contributed by atoms with E-state index >= 15 is 0 Å². The van der Waals surface area contributed by atoms with E-state index in [1.54, 1.807) is 0 Å². The first-order valence-electron chi connectivity index (χ1n) is 6.24. The van der Waals surface area contributed by atoms with Gasteiger partial charge in [-0.2, -0.15) is 0 Å². The molecule has 0 spiro atoms. The summed E-state index contributed by atoms with van der Waals surface area (Å²) in [6, 6.07) is 15.9. The molecule has 0 aliphatic heterocycles. The normalized spacial score (nSPS) is 14.1. The number of halogens is 2. The Kier molecular flexibility index (Phi) is 5.03. The van der Waals surface area contributed by atoms with E-state index in [1.165, 1.54) is 5.56 Å². The van der Waals surface area contributed by atoms with Crippen molar-refractivity contribution in [3.05, 3.63) is 69.2 Å². The Morgan fingerprint density at radius 3 is 2.42 bits per heavy atom. The molecule has 100 valence electrons. The van der Waals surface area contributed by atoms with Gasteiger partial charge in [0.1, 0.15) is 0 Å². The molecule has 0 heterocycles. The molecule has 2 rings (SSSR count). The molecule has 19 heavy (non-hydrogen) atoms. The van der Waals surface area contributed by atoms with Crippen molar-refractivity contribution in [3.63, 3.8) is 0 Å². The van der Waals surface area contributed by atoms with E-state index in [1.807, 2.05) is 43.3 Å². The van der Waals surface area contributed by atoms with Crippen molar-refractivity contribution in [3.8, 4) is 0 Å². The van der Waals surface area contributed by atoms with Crippen molar-refractivity contribution in [2.24, 2.45) is 0 Å². The molecule has 0 aliphatic carbocycles. The highest BCUT2D eigenvalue weighted by Gasteiger charge is 2.18. The van der Waals surface area contributed by atoms with Gasteiger partial charge in [-0.25, -0.2) is 0 Å². The summed E-state index contributed by atoms with van der Waals surface area (Å²) in [6.07, 6.45) is 0.399. The van der Waals surface area contributed by atoms with Crippen LogP contribution >= 0.6 is 27.5 Å². The Balaban J connectivity index is 2.23. The lowest BCUT2D eigenvalue weighted by molar-refractivity contribution is 0.161. The molecule has 1 nitrogen and oxygen atoms in total. The second-order valence-electron chi connectivity index (χ2n) is 4.73. The molecule has 2 aromatic carbocycles. The van der Waals surface area contributed by atoms with Crippen LogP contribution in [0.15, 0.2) is 53.0 Å². The van der Waals surface area contributed by atoms with E-state index in [0.717, 1.165) is 21.5 Å². The van der Waals surface area contributed by atoms with Crippen LogP contribution in [0.2, 0.25) is 5.02 Å². The predicted molar refractivity (Wildman–Crippen MR) is 83.7 cm³/mol. The molecule has 0 amide bonds. The Bertz CT molecular complexity index is 537. The standard InChI is InChI=1S/C16H16BrClO/c1-11(19)16(13-3-2-4-14(17)10-13)9-12-5-7-15(18)8-6-12/h2-8,10-11,16,19H,9H2,1H3/t11-,16+/m0/s1. The van der Waals surface area contributed by atoms with E-state index in [4.69, 9.17) is 11.6 Å². The van der Waals surface area contributed by atoms with Gasteiger partial charge in [0.05, 0.1) is 6.10 Å². The molecule has 0 aromatic heterocycles. The summed E-state index contributed by atoms with van der Waals surface area (Å²) in [7, 11) is 0.